The van der Waals surface area contributed by atoms with Crippen molar-refractivity contribution in [2.45, 2.75) is 52.4 Å². The lowest BCUT2D eigenvalue weighted by Gasteiger charge is -2.25. The third-order valence-corrected chi connectivity index (χ3v) is 6.74. The number of carbonyl (C=O) groups excluding carboxylic acids is 1. The molecule has 1 N–H and O–H groups in total. The Morgan fingerprint density at radius 1 is 0.950 bits per heavy atom. The van der Waals surface area contributed by atoms with Gasteiger partial charge in [0.25, 0.3) is 5.56 Å². The quantitative estimate of drug-likeness (QED) is 0.295. The van der Waals surface area contributed by atoms with Crippen LogP contribution in [0, 0.1) is 12.7 Å². The fourth-order valence-electron chi connectivity index (χ4n) is 4.47. The Morgan fingerprint density at radius 2 is 1.57 bits per heavy atom. The minimum Gasteiger partial charge on any atom is -0.444 e. The van der Waals surface area contributed by atoms with Crippen LogP contribution in [0.3, 0.4) is 0 Å². The summed E-state index contributed by atoms with van der Waals surface area (Å²) in [6, 6.07) is 21.1. The van der Waals surface area contributed by atoms with Gasteiger partial charge in [-0.15, -0.1) is 0 Å². The number of hydrogen-bond donors (Lipinski definition) is 1. The molecule has 1 atom stereocenters. The second-order valence-electron chi connectivity index (χ2n) is 10.4. The molecule has 0 bridgehead atoms. The smallest absolute Gasteiger partial charge is 0.408 e. The Balaban J connectivity index is 1.90. The SMILES string of the molecule is Cc1c(-c2ccccc2F)c(=O)n(C[C@@H](NC(=O)OC(C)(C)C)c2ccccc2)c(=O)n1Cc1ccccc1Cl. The van der Waals surface area contributed by atoms with Crippen molar-refractivity contribution in [1.29, 1.82) is 0 Å². The summed E-state index contributed by atoms with van der Waals surface area (Å²) in [5.74, 6) is -0.594. The number of nitrogens with zero attached hydrogens (tertiary/aromatic N) is 2. The van der Waals surface area contributed by atoms with Gasteiger partial charge in [-0.3, -0.25) is 13.9 Å². The van der Waals surface area contributed by atoms with E-state index < -0.39 is 34.8 Å². The summed E-state index contributed by atoms with van der Waals surface area (Å²) >= 11 is 6.40. The van der Waals surface area contributed by atoms with E-state index >= 15 is 4.39 Å². The Hall–Kier alpha value is -4.17. The van der Waals surface area contributed by atoms with Crippen LogP contribution in [0.25, 0.3) is 11.1 Å². The number of amides is 1. The van der Waals surface area contributed by atoms with Gasteiger partial charge in [-0.2, -0.15) is 0 Å². The second kappa shape index (κ2) is 11.9. The van der Waals surface area contributed by atoms with Crippen LogP contribution in [0.4, 0.5) is 9.18 Å². The standard InChI is InChI=1S/C31H31ClFN3O4/c1-20-27(23-15-9-11-17-25(23)33)28(37)36(30(39)35(20)18-22-14-8-10-16-24(22)32)19-26(21-12-6-5-7-13-21)34-29(38)40-31(2,3)4/h5-17,26H,18-19H2,1-4H3,(H,34,38)/t26-/m1/s1. The fourth-order valence-corrected chi connectivity index (χ4v) is 4.67. The summed E-state index contributed by atoms with van der Waals surface area (Å²) < 4.78 is 22.9. The van der Waals surface area contributed by atoms with Gasteiger partial charge in [-0.25, -0.2) is 14.0 Å². The van der Waals surface area contributed by atoms with Crippen molar-refractivity contribution in [1.82, 2.24) is 14.5 Å². The summed E-state index contributed by atoms with van der Waals surface area (Å²) in [6.45, 7) is 6.67. The number of rotatable bonds is 7. The molecule has 0 fully saturated rings. The molecule has 1 aromatic heterocycles. The molecule has 0 saturated heterocycles. The van der Waals surface area contributed by atoms with Crippen molar-refractivity contribution >= 4 is 17.7 Å². The van der Waals surface area contributed by atoms with Crippen LogP contribution in [0.15, 0.2) is 88.5 Å². The molecule has 0 aliphatic rings. The molecular formula is C31H31ClFN3O4. The van der Waals surface area contributed by atoms with Crippen molar-refractivity contribution < 1.29 is 13.9 Å². The molecule has 0 spiro atoms. The highest BCUT2D eigenvalue weighted by Gasteiger charge is 2.25. The third kappa shape index (κ3) is 6.51. The highest BCUT2D eigenvalue weighted by atomic mass is 35.5. The summed E-state index contributed by atoms with van der Waals surface area (Å²) in [5.41, 5.74) is -0.309. The Morgan fingerprint density at radius 3 is 2.23 bits per heavy atom. The molecular weight excluding hydrogens is 533 g/mol. The topological polar surface area (TPSA) is 82.3 Å². The Labute approximate surface area is 236 Å². The van der Waals surface area contributed by atoms with Crippen LogP contribution in [0.1, 0.15) is 43.6 Å². The number of alkyl carbamates (subject to hydrolysis) is 1. The second-order valence-corrected chi connectivity index (χ2v) is 10.8. The largest absolute Gasteiger partial charge is 0.444 e. The third-order valence-electron chi connectivity index (χ3n) is 6.38. The van der Waals surface area contributed by atoms with Crippen LogP contribution in [-0.2, 0) is 17.8 Å². The van der Waals surface area contributed by atoms with Crippen molar-refractivity contribution in [2.75, 3.05) is 0 Å². The highest BCUT2D eigenvalue weighted by Crippen LogP contribution is 2.24. The first-order chi connectivity index (χ1) is 19.0. The fraction of sp³-hybridized carbons (Fsp3) is 0.258. The van der Waals surface area contributed by atoms with Crippen LogP contribution >= 0.6 is 11.6 Å². The average molecular weight is 564 g/mol. The van der Waals surface area contributed by atoms with Gasteiger partial charge in [-0.1, -0.05) is 78.3 Å². The number of aromatic nitrogens is 2. The van der Waals surface area contributed by atoms with Crippen molar-refractivity contribution in [3.63, 3.8) is 0 Å². The first-order valence-electron chi connectivity index (χ1n) is 12.8. The number of ether oxygens (including phenoxy) is 1. The minimum atomic E-state index is -0.800. The molecule has 0 saturated carbocycles. The molecule has 0 radical (unpaired) electrons. The van der Waals surface area contributed by atoms with Gasteiger partial charge in [0.2, 0.25) is 0 Å². The lowest BCUT2D eigenvalue weighted by molar-refractivity contribution is 0.0497. The lowest BCUT2D eigenvalue weighted by Crippen LogP contribution is -2.46. The molecule has 9 heteroatoms. The van der Waals surface area contributed by atoms with E-state index in [4.69, 9.17) is 16.3 Å². The summed E-state index contributed by atoms with van der Waals surface area (Å²) in [5, 5.41) is 3.24. The van der Waals surface area contributed by atoms with E-state index in [0.717, 1.165) is 4.57 Å². The number of benzene rings is 3. The van der Waals surface area contributed by atoms with E-state index in [0.29, 0.717) is 21.8 Å². The minimum absolute atomic E-state index is 0.0498. The Kier molecular flexibility index (Phi) is 8.59. The van der Waals surface area contributed by atoms with E-state index in [2.05, 4.69) is 5.32 Å². The molecule has 1 amide bonds. The van der Waals surface area contributed by atoms with Crippen LogP contribution < -0.4 is 16.6 Å². The van der Waals surface area contributed by atoms with Gasteiger partial charge in [0.05, 0.1) is 24.7 Å². The molecule has 1 heterocycles. The summed E-state index contributed by atoms with van der Waals surface area (Å²) in [7, 11) is 0. The van der Waals surface area contributed by atoms with Gasteiger partial charge < -0.3 is 10.1 Å². The molecule has 0 aliphatic carbocycles. The highest BCUT2D eigenvalue weighted by molar-refractivity contribution is 6.31. The van der Waals surface area contributed by atoms with Gasteiger partial charge in [0.15, 0.2) is 0 Å². The predicted octanol–water partition coefficient (Wildman–Crippen LogP) is 6.09. The normalized spacial score (nSPS) is 12.2. The maximum absolute atomic E-state index is 15.0. The van der Waals surface area contributed by atoms with Gasteiger partial charge in [0, 0.05) is 16.3 Å². The molecule has 3 aromatic carbocycles. The number of nitrogens with one attached hydrogen (secondary N) is 1. The monoisotopic (exact) mass is 563 g/mol. The Bertz CT molecular complexity index is 1640. The molecule has 0 aliphatic heterocycles. The average Bonchev–Trinajstić information content (AvgIpc) is 2.90. The van der Waals surface area contributed by atoms with E-state index in [1.54, 1.807) is 82.3 Å². The van der Waals surface area contributed by atoms with E-state index in [1.165, 1.54) is 22.8 Å². The molecule has 7 nitrogen and oxygen atoms in total. The first kappa shape index (κ1) is 28.8. The van der Waals surface area contributed by atoms with Crippen LogP contribution in [0.5, 0.6) is 0 Å². The maximum atomic E-state index is 15.0. The maximum Gasteiger partial charge on any atom is 0.408 e. The van der Waals surface area contributed by atoms with Gasteiger partial charge >= 0.3 is 11.8 Å². The summed E-state index contributed by atoms with van der Waals surface area (Å²) in [4.78, 5) is 40.6. The summed E-state index contributed by atoms with van der Waals surface area (Å²) in [6.07, 6.45) is -0.702. The van der Waals surface area contributed by atoms with Crippen LogP contribution in [-0.4, -0.2) is 20.8 Å². The molecule has 208 valence electrons. The van der Waals surface area contributed by atoms with Crippen molar-refractivity contribution in [2.24, 2.45) is 0 Å². The van der Waals surface area contributed by atoms with Crippen molar-refractivity contribution in [3.8, 4) is 11.1 Å². The van der Waals surface area contributed by atoms with Gasteiger partial charge in [0.1, 0.15) is 11.4 Å². The lowest BCUT2D eigenvalue weighted by atomic mass is 10.0. The zero-order valence-corrected chi connectivity index (χ0v) is 23.5. The zero-order valence-electron chi connectivity index (χ0n) is 22.8. The molecule has 4 aromatic rings. The van der Waals surface area contributed by atoms with E-state index in [-0.39, 0.29) is 24.2 Å². The molecule has 0 unspecified atom stereocenters. The van der Waals surface area contributed by atoms with E-state index in [9.17, 15) is 14.4 Å². The first-order valence-corrected chi connectivity index (χ1v) is 13.2. The molecule has 40 heavy (non-hydrogen) atoms. The predicted molar refractivity (Wildman–Crippen MR) is 154 cm³/mol. The number of halogens is 2. The zero-order chi connectivity index (χ0) is 29.0. The van der Waals surface area contributed by atoms with E-state index in [1.807, 2.05) is 6.07 Å². The molecule has 4 rings (SSSR count). The van der Waals surface area contributed by atoms with Crippen molar-refractivity contribution in [3.05, 3.63) is 127 Å². The number of carbonyl (C=O) groups is 1. The number of hydrogen-bond acceptors (Lipinski definition) is 4. The van der Waals surface area contributed by atoms with Gasteiger partial charge in [-0.05, 0) is 51.0 Å². The van der Waals surface area contributed by atoms with Crippen LogP contribution in [0.2, 0.25) is 5.02 Å².